The molecule has 0 aliphatic carbocycles. The molecule has 66 valence electrons. The van der Waals surface area contributed by atoms with Gasteiger partial charge in [-0.1, -0.05) is 0 Å². The van der Waals surface area contributed by atoms with Gasteiger partial charge in [-0.05, 0) is 6.92 Å². The summed E-state index contributed by atoms with van der Waals surface area (Å²) >= 11 is -2.50. The molecule has 0 aliphatic rings. The first-order valence-corrected chi connectivity index (χ1v) is 3.96. The van der Waals surface area contributed by atoms with Gasteiger partial charge in [0.25, 0.3) is 0 Å². The summed E-state index contributed by atoms with van der Waals surface area (Å²) in [7, 11) is 0. The number of ether oxygens (including phenoxy) is 1. The Labute approximate surface area is 67.2 Å². The van der Waals surface area contributed by atoms with Gasteiger partial charge in [0.15, 0.2) is 0 Å². The third-order valence-electron chi connectivity index (χ3n) is 0.835. The van der Waals surface area contributed by atoms with Crippen LogP contribution < -0.4 is 0 Å². The molecule has 0 bridgehead atoms. The second-order valence-electron chi connectivity index (χ2n) is 1.74. The van der Waals surface area contributed by atoms with Crippen molar-refractivity contribution in [1.29, 1.82) is 0 Å². The highest BCUT2D eigenvalue weighted by molar-refractivity contribution is 7.74. The van der Waals surface area contributed by atoms with E-state index in [4.69, 9.17) is 4.74 Å². The van der Waals surface area contributed by atoms with Gasteiger partial charge < -0.3 is 14.1 Å². The van der Waals surface area contributed by atoms with Crippen LogP contribution >= 0.6 is 0 Å². The molecule has 0 aromatic carbocycles. The third-order valence-corrected chi connectivity index (χ3v) is 1.19. The topological polar surface area (TPSA) is 75.7 Å². The summed E-state index contributed by atoms with van der Waals surface area (Å²) in [5.74, 6) is 0. The summed E-state index contributed by atoms with van der Waals surface area (Å²) in [6, 6.07) is 0. The SMILES string of the molecule is CC(C=O)OCCOS(=O)[O-]. The lowest BCUT2D eigenvalue weighted by Gasteiger charge is -2.07. The molecule has 0 rings (SSSR count). The lowest BCUT2D eigenvalue weighted by atomic mass is 10.5. The Morgan fingerprint density at radius 1 is 1.64 bits per heavy atom. The molecular formula is C5H9O5S-. The standard InChI is InChI=1S/C5H10O5S/c1-5(4-6)9-2-3-10-11(7)8/h4-5H,2-3H2,1H3,(H,7,8)/p-1. The van der Waals surface area contributed by atoms with Crippen LogP contribution in [-0.2, 0) is 25.1 Å². The molecular weight excluding hydrogens is 172 g/mol. The average molecular weight is 181 g/mol. The molecule has 0 heterocycles. The zero-order chi connectivity index (χ0) is 8.69. The highest BCUT2D eigenvalue weighted by Crippen LogP contribution is 1.86. The predicted octanol–water partition coefficient (Wildman–Crippen LogP) is -0.599. The number of hydrogen-bond donors (Lipinski definition) is 0. The summed E-state index contributed by atoms with van der Waals surface area (Å²) in [6.45, 7) is 1.59. The Morgan fingerprint density at radius 3 is 2.73 bits per heavy atom. The van der Waals surface area contributed by atoms with Gasteiger partial charge in [0.1, 0.15) is 12.4 Å². The van der Waals surface area contributed by atoms with Crippen molar-refractivity contribution in [2.24, 2.45) is 0 Å². The van der Waals surface area contributed by atoms with Gasteiger partial charge in [0.2, 0.25) is 0 Å². The van der Waals surface area contributed by atoms with Gasteiger partial charge in [-0.2, -0.15) is 0 Å². The van der Waals surface area contributed by atoms with Gasteiger partial charge >= 0.3 is 0 Å². The molecule has 0 aliphatic heterocycles. The lowest BCUT2D eigenvalue weighted by Crippen LogP contribution is -2.14. The number of rotatable bonds is 6. The van der Waals surface area contributed by atoms with Crippen LogP contribution in [0.15, 0.2) is 0 Å². The maximum atomic E-state index is 9.95. The Morgan fingerprint density at radius 2 is 2.27 bits per heavy atom. The molecule has 0 saturated heterocycles. The van der Waals surface area contributed by atoms with Crippen LogP contribution in [0.25, 0.3) is 0 Å². The van der Waals surface area contributed by atoms with E-state index in [-0.39, 0.29) is 13.2 Å². The van der Waals surface area contributed by atoms with Crippen molar-refractivity contribution in [3.05, 3.63) is 0 Å². The monoisotopic (exact) mass is 181 g/mol. The molecule has 0 aromatic rings. The van der Waals surface area contributed by atoms with E-state index >= 15 is 0 Å². The maximum absolute atomic E-state index is 9.95. The van der Waals surface area contributed by atoms with Crippen LogP contribution in [0, 0.1) is 0 Å². The van der Waals surface area contributed by atoms with Gasteiger partial charge in [0, 0.05) is 0 Å². The van der Waals surface area contributed by atoms with Gasteiger partial charge in [-0.25, -0.2) is 4.21 Å². The van der Waals surface area contributed by atoms with Crippen LogP contribution in [0.5, 0.6) is 0 Å². The minimum Gasteiger partial charge on any atom is -0.750 e. The average Bonchev–Trinajstić information content (AvgIpc) is 1.97. The largest absolute Gasteiger partial charge is 0.750 e. The lowest BCUT2D eigenvalue weighted by molar-refractivity contribution is -0.117. The van der Waals surface area contributed by atoms with E-state index in [1.807, 2.05) is 0 Å². The Bertz CT molecular complexity index is 137. The minimum absolute atomic E-state index is 0.0612. The van der Waals surface area contributed by atoms with Gasteiger partial charge in [-0.3, -0.25) is 4.18 Å². The van der Waals surface area contributed by atoms with Crippen molar-refractivity contribution >= 4 is 17.6 Å². The van der Waals surface area contributed by atoms with Gasteiger partial charge in [0.05, 0.1) is 24.6 Å². The molecule has 0 spiro atoms. The second-order valence-corrected chi connectivity index (χ2v) is 2.38. The Hall–Kier alpha value is -0.300. The molecule has 0 fully saturated rings. The van der Waals surface area contributed by atoms with Crippen LogP contribution in [0.3, 0.4) is 0 Å². The van der Waals surface area contributed by atoms with E-state index in [2.05, 4.69) is 4.18 Å². The number of carbonyl (C=O) groups is 1. The van der Waals surface area contributed by atoms with E-state index in [0.717, 1.165) is 0 Å². The maximum Gasteiger partial charge on any atom is 0.148 e. The summed E-state index contributed by atoms with van der Waals surface area (Å²) < 4.78 is 28.4. The molecule has 0 amide bonds. The van der Waals surface area contributed by atoms with E-state index < -0.39 is 17.5 Å². The summed E-state index contributed by atoms with van der Waals surface area (Å²) in [6.07, 6.45) is 0.104. The molecule has 5 nitrogen and oxygen atoms in total. The zero-order valence-electron chi connectivity index (χ0n) is 6.02. The number of aldehydes is 1. The van der Waals surface area contributed by atoms with E-state index in [9.17, 15) is 13.6 Å². The third kappa shape index (κ3) is 7.60. The molecule has 0 radical (unpaired) electrons. The van der Waals surface area contributed by atoms with Crippen molar-refractivity contribution in [2.75, 3.05) is 13.2 Å². The van der Waals surface area contributed by atoms with Crippen molar-refractivity contribution < 1.29 is 22.5 Å². The molecule has 11 heavy (non-hydrogen) atoms. The molecule has 2 unspecified atom stereocenters. The Kier molecular flexibility index (Phi) is 6.24. The molecule has 0 N–H and O–H groups in total. The predicted molar refractivity (Wildman–Crippen MR) is 36.3 cm³/mol. The normalized spacial score (nSPS) is 15.8. The van der Waals surface area contributed by atoms with E-state index in [1.165, 1.54) is 0 Å². The minimum atomic E-state index is -2.50. The van der Waals surface area contributed by atoms with E-state index in [0.29, 0.717) is 6.29 Å². The molecule has 2 atom stereocenters. The van der Waals surface area contributed by atoms with Crippen LogP contribution in [0.2, 0.25) is 0 Å². The second kappa shape index (κ2) is 6.41. The summed E-state index contributed by atoms with van der Waals surface area (Å²) in [5, 5.41) is 0. The fourth-order valence-electron chi connectivity index (χ4n) is 0.375. The molecule has 6 heteroatoms. The highest BCUT2D eigenvalue weighted by Gasteiger charge is 1.97. The summed E-state index contributed by atoms with van der Waals surface area (Å²) in [5.41, 5.74) is 0. The zero-order valence-corrected chi connectivity index (χ0v) is 6.83. The van der Waals surface area contributed by atoms with Crippen molar-refractivity contribution in [3.8, 4) is 0 Å². The fraction of sp³-hybridized carbons (Fsp3) is 0.800. The van der Waals surface area contributed by atoms with E-state index in [1.54, 1.807) is 6.92 Å². The first-order valence-electron chi connectivity index (χ1n) is 2.96. The van der Waals surface area contributed by atoms with Gasteiger partial charge in [-0.15, -0.1) is 0 Å². The smallest absolute Gasteiger partial charge is 0.148 e. The molecule has 0 aromatic heterocycles. The first kappa shape index (κ1) is 10.7. The highest BCUT2D eigenvalue weighted by atomic mass is 32.2. The number of carbonyl (C=O) groups excluding carboxylic acids is 1. The van der Waals surface area contributed by atoms with Crippen LogP contribution in [0.1, 0.15) is 6.92 Å². The van der Waals surface area contributed by atoms with Crippen LogP contribution in [-0.4, -0.2) is 34.4 Å². The summed E-state index contributed by atoms with van der Waals surface area (Å²) in [4.78, 5) is 9.95. The number of hydrogen-bond acceptors (Lipinski definition) is 5. The Balaban J connectivity index is 3.14. The quantitative estimate of drug-likeness (QED) is 0.311. The molecule has 0 saturated carbocycles. The van der Waals surface area contributed by atoms with Crippen molar-refractivity contribution in [2.45, 2.75) is 13.0 Å². The first-order chi connectivity index (χ1) is 5.16. The van der Waals surface area contributed by atoms with Crippen molar-refractivity contribution in [3.63, 3.8) is 0 Å². The van der Waals surface area contributed by atoms with Crippen LogP contribution in [0.4, 0.5) is 0 Å². The fourth-order valence-corrected chi connectivity index (χ4v) is 0.579. The van der Waals surface area contributed by atoms with Crippen molar-refractivity contribution in [1.82, 2.24) is 0 Å².